The zero-order valence-electron chi connectivity index (χ0n) is 17.7. The van der Waals surface area contributed by atoms with Gasteiger partial charge in [-0.25, -0.2) is 9.69 Å². The van der Waals surface area contributed by atoms with Crippen LogP contribution in [0.25, 0.3) is 11.8 Å². The van der Waals surface area contributed by atoms with Gasteiger partial charge < -0.3 is 19.9 Å². The van der Waals surface area contributed by atoms with Crippen molar-refractivity contribution < 1.29 is 19.1 Å². The molecule has 0 radical (unpaired) electrons. The zero-order chi connectivity index (χ0) is 22.7. The highest BCUT2D eigenvalue weighted by Gasteiger charge is 2.35. The van der Waals surface area contributed by atoms with E-state index in [1.54, 1.807) is 30.3 Å². The molecule has 0 aliphatic carbocycles. The molecule has 8 nitrogen and oxygen atoms in total. The maximum absolute atomic E-state index is 12.8. The smallest absolute Gasteiger partial charge is 0.329 e. The number of rotatable bonds is 6. The lowest BCUT2D eigenvalue weighted by molar-refractivity contribution is -0.127. The highest BCUT2D eigenvalue weighted by Crippen LogP contribution is 2.23. The van der Waals surface area contributed by atoms with Crippen LogP contribution in [0.1, 0.15) is 11.3 Å². The molecule has 1 aromatic heterocycles. The van der Waals surface area contributed by atoms with Crippen molar-refractivity contribution >= 4 is 29.6 Å². The number of aromatic nitrogens is 1. The summed E-state index contributed by atoms with van der Waals surface area (Å²) in [5, 5.41) is 5.22. The fourth-order valence-electron chi connectivity index (χ4n) is 3.51. The molecule has 32 heavy (non-hydrogen) atoms. The van der Waals surface area contributed by atoms with Crippen LogP contribution in [0.2, 0.25) is 0 Å². The van der Waals surface area contributed by atoms with Crippen molar-refractivity contribution in [1.82, 2.24) is 14.8 Å². The number of ether oxygens (including phenoxy) is 1. The van der Waals surface area contributed by atoms with E-state index >= 15 is 0 Å². The molecule has 0 atom stereocenters. The number of nitrogens with one attached hydrogen (secondary N) is 2. The van der Waals surface area contributed by atoms with Crippen molar-refractivity contribution in [3.63, 3.8) is 0 Å². The highest BCUT2D eigenvalue weighted by molar-refractivity contribution is 6.16. The predicted molar refractivity (Wildman–Crippen MR) is 120 cm³/mol. The van der Waals surface area contributed by atoms with Gasteiger partial charge in [0.05, 0.1) is 12.8 Å². The number of urea groups is 1. The summed E-state index contributed by atoms with van der Waals surface area (Å²) in [6, 6.07) is 17.8. The molecule has 1 fully saturated rings. The van der Waals surface area contributed by atoms with Crippen molar-refractivity contribution in [2.24, 2.45) is 0 Å². The van der Waals surface area contributed by atoms with Gasteiger partial charge in [-0.2, -0.15) is 0 Å². The summed E-state index contributed by atoms with van der Waals surface area (Å²) >= 11 is 0. The van der Waals surface area contributed by atoms with Crippen LogP contribution < -0.4 is 15.4 Å². The van der Waals surface area contributed by atoms with E-state index in [0.29, 0.717) is 11.4 Å². The summed E-state index contributed by atoms with van der Waals surface area (Å²) < 4.78 is 7.13. The molecular formula is C24H22N4O4. The van der Waals surface area contributed by atoms with Crippen molar-refractivity contribution in [2.45, 2.75) is 6.92 Å². The topological polar surface area (TPSA) is 92.7 Å². The minimum absolute atomic E-state index is 0.105. The number of hydrogen-bond acceptors (Lipinski definition) is 4. The summed E-state index contributed by atoms with van der Waals surface area (Å²) in [6.45, 7) is 1.58. The molecule has 0 saturated carbocycles. The van der Waals surface area contributed by atoms with Gasteiger partial charge in [-0.05, 0) is 48.9 Å². The van der Waals surface area contributed by atoms with E-state index in [4.69, 9.17) is 4.74 Å². The molecule has 2 heterocycles. The molecule has 0 spiro atoms. The quantitative estimate of drug-likeness (QED) is 0.464. The highest BCUT2D eigenvalue weighted by atomic mass is 16.5. The average Bonchev–Trinajstić information content (AvgIpc) is 3.34. The van der Waals surface area contributed by atoms with E-state index in [1.165, 1.54) is 7.11 Å². The maximum Gasteiger partial charge on any atom is 0.329 e. The number of aryl methyl sites for hydroxylation is 1. The number of imide groups is 1. The van der Waals surface area contributed by atoms with Crippen LogP contribution in [-0.2, 0) is 9.59 Å². The Morgan fingerprint density at radius 1 is 1.06 bits per heavy atom. The standard InChI is InChI=1S/C24H22N4O4/c1-16-8-3-5-11-20(16)27-13-7-9-17(27)14-19-23(30)28(24(31)26-19)15-22(29)25-18-10-4-6-12-21(18)32-2/h3-14H,15H2,1-2H3,(H,25,29)(H,26,31)/b19-14+. The number of nitrogens with zero attached hydrogens (tertiary/aromatic N) is 2. The lowest BCUT2D eigenvalue weighted by Crippen LogP contribution is -2.38. The third kappa shape index (κ3) is 4.11. The molecule has 0 unspecified atom stereocenters. The van der Waals surface area contributed by atoms with E-state index in [1.807, 2.05) is 54.1 Å². The first-order valence-electron chi connectivity index (χ1n) is 9.98. The second-order valence-electron chi connectivity index (χ2n) is 7.22. The van der Waals surface area contributed by atoms with Gasteiger partial charge in [-0.15, -0.1) is 0 Å². The van der Waals surface area contributed by atoms with Crippen LogP contribution in [0.15, 0.2) is 72.6 Å². The van der Waals surface area contributed by atoms with Crippen molar-refractivity contribution in [3.8, 4) is 11.4 Å². The lowest BCUT2D eigenvalue weighted by atomic mass is 10.2. The SMILES string of the molecule is COc1ccccc1NC(=O)CN1C(=O)N/C(=C/c2cccn2-c2ccccc2C)C1=O. The third-order valence-electron chi connectivity index (χ3n) is 5.09. The van der Waals surface area contributed by atoms with Crippen LogP contribution in [0.5, 0.6) is 5.75 Å². The second kappa shape index (κ2) is 8.81. The van der Waals surface area contributed by atoms with Crippen LogP contribution in [0.4, 0.5) is 10.5 Å². The van der Waals surface area contributed by atoms with Gasteiger partial charge in [0.2, 0.25) is 5.91 Å². The summed E-state index contributed by atoms with van der Waals surface area (Å²) in [4.78, 5) is 38.6. The molecule has 4 amide bonds. The number of amides is 4. The van der Waals surface area contributed by atoms with Gasteiger partial charge >= 0.3 is 6.03 Å². The molecule has 3 aromatic rings. The summed E-state index contributed by atoms with van der Waals surface area (Å²) in [7, 11) is 1.49. The number of benzene rings is 2. The fourth-order valence-corrected chi connectivity index (χ4v) is 3.51. The number of hydrogen-bond donors (Lipinski definition) is 2. The Balaban J connectivity index is 1.52. The van der Waals surface area contributed by atoms with Gasteiger partial charge in [0.25, 0.3) is 5.91 Å². The van der Waals surface area contributed by atoms with E-state index in [2.05, 4.69) is 10.6 Å². The monoisotopic (exact) mass is 430 g/mol. The van der Waals surface area contributed by atoms with Crippen molar-refractivity contribution in [2.75, 3.05) is 19.0 Å². The molecule has 2 N–H and O–H groups in total. The Labute approximate surface area is 185 Å². The number of methoxy groups -OCH3 is 1. The molecule has 1 saturated heterocycles. The number of carbonyl (C=O) groups excluding carboxylic acids is 3. The molecule has 8 heteroatoms. The number of carbonyl (C=O) groups is 3. The Morgan fingerprint density at radius 2 is 1.81 bits per heavy atom. The van der Waals surface area contributed by atoms with E-state index in [-0.39, 0.29) is 5.70 Å². The normalized spacial score (nSPS) is 14.6. The Bertz CT molecular complexity index is 1230. The predicted octanol–water partition coefficient (Wildman–Crippen LogP) is 3.33. The van der Waals surface area contributed by atoms with Crippen LogP contribution >= 0.6 is 0 Å². The molecule has 4 rings (SSSR count). The van der Waals surface area contributed by atoms with Crippen LogP contribution in [0.3, 0.4) is 0 Å². The zero-order valence-corrected chi connectivity index (χ0v) is 17.7. The van der Waals surface area contributed by atoms with Gasteiger partial charge in [-0.1, -0.05) is 30.3 Å². The van der Waals surface area contributed by atoms with E-state index in [9.17, 15) is 14.4 Å². The van der Waals surface area contributed by atoms with Gasteiger partial charge in [0.1, 0.15) is 18.0 Å². The third-order valence-corrected chi connectivity index (χ3v) is 5.09. The molecule has 1 aliphatic heterocycles. The fraction of sp³-hybridized carbons (Fsp3) is 0.125. The Hall–Kier alpha value is -4.33. The van der Waals surface area contributed by atoms with Crippen LogP contribution in [-0.4, -0.2) is 41.0 Å². The van der Waals surface area contributed by atoms with Gasteiger partial charge in [0, 0.05) is 17.6 Å². The minimum Gasteiger partial charge on any atom is -0.495 e. The molecular weight excluding hydrogens is 408 g/mol. The molecule has 162 valence electrons. The molecule has 0 bridgehead atoms. The van der Waals surface area contributed by atoms with E-state index in [0.717, 1.165) is 21.8 Å². The lowest BCUT2D eigenvalue weighted by Gasteiger charge is -2.13. The number of para-hydroxylation sites is 3. The summed E-state index contributed by atoms with van der Waals surface area (Å²) in [5.74, 6) is -0.596. The molecule has 2 aromatic carbocycles. The minimum atomic E-state index is -0.648. The largest absolute Gasteiger partial charge is 0.495 e. The van der Waals surface area contributed by atoms with E-state index < -0.39 is 24.4 Å². The summed E-state index contributed by atoms with van der Waals surface area (Å²) in [6.07, 6.45) is 3.49. The average molecular weight is 430 g/mol. The second-order valence-corrected chi connectivity index (χ2v) is 7.22. The first-order chi connectivity index (χ1) is 15.5. The maximum atomic E-state index is 12.8. The van der Waals surface area contributed by atoms with Crippen LogP contribution in [0, 0.1) is 6.92 Å². The first-order valence-corrected chi connectivity index (χ1v) is 9.98. The van der Waals surface area contributed by atoms with Gasteiger partial charge in [-0.3, -0.25) is 9.59 Å². The Morgan fingerprint density at radius 3 is 2.59 bits per heavy atom. The summed E-state index contributed by atoms with van der Waals surface area (Å²) in [5.41, 5.74) is 3.32. The molecule has 1 aliphatic rings. The number of anilines is 1. The first kappa shape index (κ1) is 20.9. The van der Waals surface area contributed by atoms with Crippen molar-refractivity contribution in [3.05, 3.63) is 83.8 Å². The van der Waals surface area contributed by atoms with Gasteiger partial charge in [0.15, 0.2) is 0 Å². The van der Waals surface area contributed by atoms with Crippen molar-refractivity contribution in [1.29, 1.82) is 0 Å². The Kier molecular flexibility index (Phi) is 5.76.